The highest BCUT2D eigenvalue weighted by Crippen LogP contribution is 2.50. The molecule has 4 nitrogen and oxygen atoms in total. The summed E-state index contributed by atoms with van der Waals surface area (Å²) < 4.78 is 0. The molecule has 0 saturated heterocycles. The molecule has 31 heavy (non-hydrogen) atoms. The molecule has 0 fully saturated rings. The molecule has 3 aromatic carbocycles. The third-order valence-electron chi connectivity index (χ3n) is 6.74. The number of carbonyl (C=O) groups excluding carboxylic acids is 2. The van der Waals surface area contributed by atoms with E-state index in [1.54, 1.807) is 4.90 Å². The summed E-state index contributed by atoms with van der Waals surface area (Å²) in [4.78, 5) is 28.8. The highest BCUT2D eigenvalue weighted by Gasteiger charge is 2.46. The van der Waals surface area contributed by atoms with Crippen molar-refractivity contribution in [3.05, 3.63) is 106 Å². The number of Topliss-reactive ketones (excluding diaryl/α,β-unsaturated/α-hetero) is 1. The van der Waals surface area contributed by atoms with E-state index >= 15 is 0 Å². The van der Waals surface area contributed by atoms with E-state index in [1.807, 2.05) is 48.5 Å². The first-order valence-electron chi connectivity index (χ1n) is 10.7. The van der Waals surface area contributed by atoms with Gasteiger partial charge >= 0.3 is 0 Å². The van der Waals surface area contributed by atoms with Crippen molar-refractivity contribution in [1.82, 2.24) is 0 Å². The first kappa shape index (κ1) is 18.1. The summed E-state index contributed by atoms with van der Waals surface area (Å²) >= 11 is 0. The number of fused-ring (bicyclic) bond motifs is 6. The van der Waals surface area contributed by atoms with Crippen molar-refractivity contribution in [2.75, 3.05) is 10.2 Å². The van der Waals surface area contributed by atoms with E-state index in [2.05, 4.69) is 36.5 Å². The Kier molecular flexibility index (Phi) is 3.90. The van der Waals surface area contributed by atoms with Crippen LogP contribution < -0.4 is 10.2 Å². The Balaban J connectivity index is 1.53. The van der Waals surface area contributed by atoms with Gasteiger partial charge in [0.1, 0.15) is 0 Å². The van der Waals surface area contributed by atoms with Crippen LogP contribution in [0.5, 0.6) is 0 Å². The lowest BCUT2D eigenvalue weighted by Gasteiger charge is -2.30. The summed E-state index contributed by atoms with van der Waals surface area (Å²) in [6, 6.07) is 23.6. The molecule has 2 atom stereocenters. The fourth-order valence-electron chi connectivity index (χ4n) is 5.24. The highest BCUT2D eigenvalue weighted by atomic mass is 16.2. The van der Waals surface area contributed by atoms with Crippen molar-refractivity contribution in [2.45, 2.75) is 31.7 Å². The van der Waals surface area contributed by atoms with Gasteiger partial charge in [0.15, 0.2) is 5.78 Å². The minimum Gasteiger partial charge on any atom is -0.357 e. The molecule has 1 aliphatic carbocycles. The number of carbonyl (C=O) groups is 2. The molecule has 0 aromatic heterocycles. The average Bonchev–Trinajstić information content (AvgIpc) is 2.97. The molecule has 4 heteroatoms. The quantitative estimate of drug-likeness (QED) is 0.579. The lowest BCUT2D eigenvalue weighted by Crippen LogP contribution is -2.32. The van der Waals surface area contributed by atoms with E-state index in [0.717, 1.165) is 34.6 Å². The van der Waals surface area contributed by atoms with Gasteiger partial charge in [0.2, 0.25) is 0 Å². The normalized spacial score (nSPS) is 21.6. The van der Waals surface area contributed by atoms with Crippen molar-refractivity contribution in [1.29, 1.82) is 0 Å². The first-order valence-corrected chi connectivity index (χ1v) is 10.7. The van der Waals surface area contributed by atoms with Gasteiger partial charge in [-0.2, -0.15) is 0 Å². The van der Waals surface area contributed by atoms with Crippen LogP contribution in [0.15, 0.2) is 84.1 Å². The van der Waals surface area contributed by atoms with E-state index in [1.165, 1.54) is 11.1 Å². The number of hydrogen-bond donors (Lipinski definition) is 1. The number of nitrogens with zero attached hydrogens (tertiary/aromatic N) is 1. The number of allylic oxidation sites excluding steroid dienone is 1. The summed E-state index contributed by atoms with van der Waals surface area (Å²) in [7, 11) is 0. The van der Waals surface area contributed by atoms with Crippen LogP contribution in [0.4, 0.5) is 11.4 Å². The minimum absolute atomic E-state index is 0.0444. The van der Waals surface area contributed by atoms with E-state index in [0.29, 0.717) is 12.0 Å². The van der Waals surface area contributed by atoms with Gasteiger partial charge in [0.25, 0.3) is 5.91 Å². The number of para-hydroxylation sites is 2. The summed E-state index contributed by atoms with van der Waals surface area (Å²) in [6.45, 7) is 2.07. The monoisotopic (exact) mass is 406 g/mol. The fraction of sp³-hybridized carbons (Fsp3) is 0.185. The van der Waals surface area contributed by atoms with Crippen LogP contribution in [0, 0.1) is 6.92 Å². The molecule has 0 radical (unpaired) electrons. The minimum atomic E-state index is -0.374. The molecule has 2 heterocycles. The number of nitrogens with one attached hydrogen (secondary N) is 1. The maximum atomic E-state index is 13.6. The van der Waals surface area contributed by atoms with E-state index in [9.17, 15) is 9.59 Å². The largest absolute Gasteiger partial charge is 0.357 e. The van der Waals surface area contributed by atoms with Crippen LogP contribution in [0.3, 0.4) is 0 Å². The molecule has 1 amide bonds. The van der Waals surface area contributed by atoms with Gasteiger partial charge in [-0.25, -0.2) is 0 Å². The SMILES string of the molecule is Cc1ccc([C@H]2CC(=O)C3=C(C2)Nc2ccccc2N2C(=O)c4ccccc4[C@H]32)cc1. The summed E-state index contributed by atoms with van der Waals surface area (Å²) in [6.07, 6.45) is 1.21. The lowest BCUT2D eigenvalue weighted by molar-refractivity contribution is -0.116. The topological polar surface area (TPSA) is 49.4 Å². The molecule has 6 rings (SSSR count). The highest BCUT2D eigenvalue weighted by molar-refractivity contribution is 6.16. The number of aryl methyl sites for hydroxylation is 1. The Hall–Kier alpha value is -3.66. The van der Waals surface area contributed by atoms with E-state index in [4.69, 9.17) is 0 Å². The summed E-state index contributed by atoms with van der Waals surface area (Å²) in [5.41, 5.74) is 7.36. The predicted octanol–water partition coefficient (Wildman–Crippen LogP) is 5.52. The molecule has 2 aliphatic heterocycles. The number of anilines is 2. The molecule has 3 aliphatic rings. The Morgan fingerprint density at radius 3 is 2.45 bits per heavy atom. The van der Waals surface area contributed by atoms with Crippen LogP contribution in [-0.4, -0.2) is 11.7 Å². The Morgan fingerprint density at radius 2 is 1.61 bits per heavy atom. The maximum absolute atomic E-state index is 13.6. The molecular weight excluding hydrogens is 384 g/mol. The Bertz CT molecular complexity index is 1270. The molecule has 1 N–H and O–H groups in total. The van der Waals surface area contributed by atoms with Gasteiger partial charge in [-0.05, 0) is 48.6 Å². The standard InChI is InChI=1S/C27H22N2O2/c1-16-10-12-17(13-11-16)18-14-22-25(24(30)15-18)26-19-6-2-3-7-20(19)27(31)29(26)23-9-5-4-8-21(23)28-22/h2-13,18,26,28H,14-15H2,1H3/t18-,26-/m1/s1. The van der Waals surface area contributed by atoms with Crippen molar-refractivity contribution in [3.8, 4) is 0 Å². The Labute approximate surface area is 181 Å². The number of benzene rings is 3. The molecule has 152 valence electrons. The maximum Gasteiger partial charge on any atom is 0.259 e. The molecule has 0 bridgehead atoms. The number of rotatable bonds is 1. The van der Waals surface area contributed by atoms with Crippen molar-refractivity contribution < 1.29 is 9.59 Å². The van der Waals surface area contributed by atoms with Crippen molar-refractivity contribution in [2.24, 2.45) is 0 Å². The number of hydrogen-bond acceptors (Lipinski definition) is 3. The molecule has 3 aromatic rings. The van der Waals surface area contributed by atoms with Crippen LogP contribution in [0.2, 0.25) is 0 Å². The van der Waals surface area contributed by atoms with Crippen LogP contribution in [-0.2, 0) is 4.79 Å². The van der Waals surface area contributed by atoms with Crippen LogP contribution in [0.25, 0.3) is 0 Å². The Morgan fingerprint density at radius 1 is 0.871 bits per heavy atom. The second-order valence-corrected chi connectivity index (χ2v) is 8.64. The first-order chi connectivity index (χ1) is 15.1. The number of ketones is 1. The van der Waals surface area contributed by atoms with E-state index in [-0.39, 0.29) is 23.7 Å². The van der Waals surface area contributed by atoms with Gasteiger partial charge in [-0.3, -0.25) is 14.5 Å². The third kappa shape index (κ3) is 2.68. The molecule has 0 saturated carbocycles. The second kappa shape index (κ2) is 6.67. The summed E-state index contributed by atoms with van der Waals surface area (Å²) in [5, 5.41) is 3.55. The number of amides is 1. The summed E-state index contributed by atoms with van der Waals surface area (Å²) in [5.74, 6) is 0.203. The molecular formula is C27H22N2O2. The second-order valence-electron chi connectivity index (χ2n) is 8.64. The third-order valence-corrected chi connectivity index (χ3v) is 6.74. The smallest absolute Gasteiger partial charge is 0.259 e. The molecule has 0 unspecified atom stereocenters. The van der Waals surface area contributed by atoms with Crippen LogP contribution >= 0.6 is 0 Å². The lowest BCUT2D eigenvalue weighted by atomic mass is 9.78. The average molecular weight is 406 g/mol. The van der Waals surface area contributed by atoms with E-state index < -0.39 is 0 Å². The van der Waals surface area contributed by atoms with Gasteiger partial charge in [0.05, 0.1) is 17.4 Å². The zero-order valence-electron chi connectivity index (χ0n) is 17.3. The fourth-order valence-corrected chi connectivity index (χ4v) is 5.24. The van der Waals surface area contributed by atoms with Gasteiger partial charge in [-0.1, -0.05) is 60.2 Å². The van der Waals surface area contributed by atoms with Crippen molar-refractivity contribution in [3.63, 3.8) is 0 Å². The van der Waals surface area contributed by atoms with Gasteiger partial charge in [0, 0.05) is 23.3 Å². The van der Waals surface area contributed by atoms with Gasteiger partial charge < -0.3 is 5.32 Å². The van der Waals surface area contributed by atoms with Crippen LogP contribution in [0.1, 0.15) is 51.8 Å². The predicted molar refractivity (Wildman–Crippen MR) is 121 cm³/mol. The zero-order chi connectivity index (χ0) is 21.1. The molecule has 0 spiro atoms. The van der Waals surface area contributed by atoms with Crippen molar-refractivity contribution >= 4 is 23.1 Å². The van der Waals surface area contributed by atoms with Gasteiger partial charge in [-0.15, -0.1) is 0 Å². The zero-order valence-corrected chi connectivity index (χ0v) is 17.3.